The lowest BCUT2D eigenvalue weighted by molar-refractivity contribution is -0.124. The minimum absolute atomic E-state index is 0.0503. The molecule has 144 valence electrons. The van der Waals surface area contributed by atoms with E-state index in [2.05, 4.69) is 16.0 Å². The molecule has 26 heavy (non-hydrogen) atoms. The first-order chi connectivity index (χ1) is 12.5. The molecule has 7 heteroatoms. The number of hydrogen-bond donors (Lipinski definition) is 4. The molecule has 0 spiro atoms. The van der Waals surface area contributed by atoms with Gasteiger partial charge in [-0.05, 0) is 49.8 Å². The molecular weight excluding hydrogens is 337 g/mol. The van der Waals surface area contributed by atoms with Crippen molar-refractivity contribution in [3.05, 3.63) is 35.6 Å². The number of hydrogen-bond acceptors (Lipinski definition) is 3. The first kappa shape index (κ1) is 20.2. The summed E-state index contributed by atoms with van der Waals surface area (Å²) < 4.78 is 12.9. The second-order valence-electron chi connectivity index (χ2n) is 6.81. The number of aliphatic hydroxyl groups excluding tert-OH is 1. The average Bonchev–Trinajstić information content (AvgIpc) is 2.63. The van der Waals surface area contributed by atoms with E-state index in [4.69, 9.17) is 0 Å². The quantitative estimate of drug-likeness (QED) is 0.597. The zero-order valence-corrected chi connectivity index (χ0v) is 15.1. The molecule has 1 atom stereocenters. The topological polar surface area (TPSA) is 90.5 Å². The van der Waals surface area contributed by atoms with Gasteiger partial charge in [0.2, 0.25) is 5.91 Å². The fraction of sp³-hybridized carbons (Fsp3) is 0.579. The van der Waals surface area contributed by atoms with Crippen LogP contribution in [0.2, 0.25) is 0 Å². The van der Waals surface area contributed by atoms with Crippen LogP contribution >= 0.6 is 0 Å². The number of urea groups is 1. The molecule has 1 saturated carbocycles. The third-order valence-corrected chi connectivity index (χ3v) is 4.61. The Morgan fingerprint density at radius 2 is 1.85 bits per heavy atom. The number of amides is 3. The Kier molecular flexibility index (Phi) is 7.84. The fourth-order valence-corrected chi connectivity index (χ4v) is 3.07. The molecule has 0 aromatic heterocycles. The summed E-state index contributed by atoms with van der Waals surface area (Å²) in [6.45, 7) is 2.21. The van der Waals surface area contributed by atoms with Crippen molar-refractivity contribution in [2.24, 2.45) is 0 Å². The van der Waals surface area contributed by atoms with Crippen LogP contribution in [0.1, 0.15) is 51.0 Å². The van der Waals surface area contributed by atoms with E-state index in [1.165, 1.54) is 12.1 Å². The zero-order valence-electron chi connectivity index (χ0n) is 15.1. The fourth-order valence-electron chi connectivity index (χ4n) is 3.07. The van der Waals surface area contributed by atoms with Crippen LogP contribution in [0.25, 0.3) is 0 Å². The van der Waals surface area contributed by atoms with E-state index in [9.17, 15) is 19.1 Å². The van der Waals surface area contributed by atoms with Gasteiger partial charge in [0, 0.05) is 12.6 Å². The molecule has 1 aromatic rings. The Balaban J connectivity index is 1.80. The van der Waals surface area contributed by atoms with Crippen molar-refractivity contribution < 1.29 is 19.1 Å². The molecule has 0 radical (unpaired) electrons. The lowest BCUT2D eigenvalue weighted by atomic mass is 9.93. The van der Waals surface area contributed by atoms with Crippen molar-refractivity contribution in [2.75, 3.05) is 0 Å². The van der Waals surface area contributed by atoms with Gasteiger partial charge in [-0.1, -0.05) is 25.5 Å². The molecule has 0 bridgehead atoms. The first-order valence-electron chi connectivity index (χ1n) is 9.25. The van der Waals surface area contributed by atoms with Gasteiger partial charge in [0.15, 0.2) is 0 Å². The number of benzene rings is 1. The summed E-state index contributed by atoms with van der Waals surface area (Å²) >= 11 is 0. The number of rotatable bonds is 7. The lowest BCUT2D eigenvalue weighted by Crippen LogP contribution is -2.52. The van der Waals surface area contributed by atoms with Crippen LogP contribution in [-0.2, 0) is 11.3 Å². The molecule has 1 unspecified atom stereocenters. The van der Waals surface area contributed by atoms with E-state index in [0.717, 1.165) is 24.8 Å². The maximum atomic E-state index is 12.9. The molecule has 0 aliphatic heterocycles. The van der Waals surface area contributed by atoms with E-state index in [-0.39, 0.29) is 30.4 Å². The second kappa shape index (κ2) is 10.1. The van der Waals surface area contributed by atoms with Gasteiger partial charge in [0.05, 0.1) is 6.10 Å². The summed E-state index contributed by atoms with van der Waals surface area (Å²) in [5, 5.41) is 17.9. The van der Waals surface area contributed by atoms with Crippen molar-refractivity contribution >= 4 is 11.9 Å². The van der Waals surface area contributed by atoms with Crippen LogP contribution in [0, 0.1) is 5.82 Å². The Morgan fingerprint density at radius 3 is 2.46 bits per heavy atom. The molecule has 1 aromatic carbocycles. The van der Waals surface area contributed by atoms with Crippen LogP contribution in [0.5, 0.6) is 0 Å². The molecule has 1 aliphatic carbocycles. The number of halogens is 1. The maximum Gasteiger partial charge on any atom is 0.315 e. The smallest absolute Gasteiger partial charge is 0.315 e. The Bertz CT molecular complexity index is 586. The van der Waals surface area contributed by atoms with Crippen molar-refractivity contribution in [1.29, 1.82) is 0 Å². The molecule has 4 N–H and O–H groups in total. The Hall–Kier alpha value is -2.15. The number of carbonyl (C=O) groups is 2. The van der Waals surface area contributed by atoms with Crippen LogP contribution < -0.4 is 16.0 Å². The van der Waals surface area contributed by atoms with Crippen LogP contribution in [0.15, 0.2) is 24.3 Å². The number of nitrogens with one attached hydrogen (secondary N) is 3. The highest BCUT2D eigenvalue weighted by atomic mass is 19.1. The van der Waals surface area contributed by atoms with Gasteiger partial charge >= 0.3 is 6.03 Å². The monoisotopic (exact) mass is 365 g/mol. The lowest BCUT2D eigenvalue weighted by Gasteiger charge is -2.28. The Labute approximate surface area is 153 Å². The third kappa shape index (κ3) is 6.63. The molecular formula is C19H28FN3O3. The summed E-state index contributed by atoms with van der Waals surface area (Å²) in [7, 11) is 0. The van der Waals surface area contributed by atoms with Gasteiger partial charge < -0.3 is 21.1 Å². The van der Waals surface area contributed by atoms with Gasteiger partial charge in [-0.25, -0.2) is 9.18 Å². The number of carbonyl (C=O) groups excluding carboxylic acids is 2. The van der Waals surface area contributed by atoms with E-state index in [1.807, 2.05) is 6.92 Å². The predicted molar refractivity (Wildman–Crippen MR) is 96.9 cm³/mol. The SMILES string of the molecule is CCCC(NC(=O)NCc1ccc(F)cc1)C(=O)NC1CCC(O)CC1. The van der Waals surface area contributed by atoms with Crippen molar-refractivity contribution in [1.82, 2.24) is 16.0 Å². The van der Waals surface area contributed by atoms with Crippen LogP contribution in [0.3, 0.4) is 0 Å². The molecule has 1 fully saturated rings. The Morgan fingerprint density at radius 1 is 1.19 bits per heavy atom. The third-order valence-electron chi connectivity index (χ3n) is 4.61. The average molecular weight is 365 g/mol. The normalized spacial score (nSPS) is 20.9. The summed E-state index contributed by atoms with van der Waals surface area (Å²) in [6, 6.07) is 4.90. The minimum atomic E-state index is -0.597. The van der Waals surface area contributed by atoms with Gasteiger partial charge in [0.25, 0.3) is 0 Å². The zero-order chi connectivity index (χ0) is 18.9. The summed E-state index contributed by atoms with van der Waals surface area (Å²) in [5.74, 6) is -0.515. The molecule has 2 rings (SSSR count). The van der Waals surface area contributed by atoms with Gasteiger partial charge in [-0.2, -0.15) is 0 Å². The van der Waals surface area contributed by atoms with E-state index < -0.39 is 12.1 Å². The van der Waals surface area contributed by atoms with Gasteiger partial charge in [-0.15, -0.1) is 0 Å². The van der Waals surface area contributed by atoms with Crippen LogP contribution in [0.4, 0.5) is 9.18 Å². The molecule has 0 saturated heterocycles. The standard InChI is InChI=1S/C19H28FN3O3/c1-2-3-17(18(25)22-15-8-10-16(24)11-9-15)23-19(26)21-12-13-4-6-14(20)7-5-13/h4-7,15-17,24H,2-3,8-12H2,1H3,(H,22,25)(H2,21,23,26). The van der Waals surface area contributed by atoms with E-state index in [0.29, 0.717) is 19.3 Å². The van der Waals surface area contributed by atoms with Crippen LogP contribution in [-0.4, -0.2) is 35.2 Å². The summed E-state index contributed by atoms with van der Waals surface area (Å²) in [5.41, 5.74) is 0.777. The van der Waals surface area contributed by atoms with Gasteiger partial charge in [-0.3, -0.25) is 4.79 Å². The molecule has 3 amide bonds. The van der Waals surface area contributed by atoms with Crippen molar-refractivity contribution in [3.8, 4) is 0 Å². The maximum absolute atomic E-state index is 12.9. The molecule has 1 aliphatic rings. The molecule has 0 heterocycles. The summed E-state index contributed by atoms with van der Waals surface area (Å²) in [4.78, 5) is 24.6. The predicted octanol–water partition coefficient (Wildman–Crippen LogP) is 2.21. The first-order valence-corrected chi connectivity index (χ1v) is 9.25. The summed E-state index contributed by atoms with van der Waals surface area (Å²) in [6.07, 6.45) is 3.92. The van der Waals surface area contributed by atoms with Crippen molar-refractivity contribution in [2.45, 2.75) is 70.2 Å². The minimum Gasteiger partial charge on any atom is -0.393 e. The number of aliphatic hydroxyl groups is 1. The second-order valence-corrected chi connectivity index (χ2v) is 6.81. The van der Waals surface area contributed by atoms with E-state index >= 15 is 0 Å². The largest absolute Gasteiger partial charge is 0.393 e. The highest BCUT2D eigenvalue weighted by Gasteiger charge is 2.25. The molecule has 6 nitrogen and oxygen atoms in total. The van der Waals surface area contributed by atoms with E-state index in [1.54, 1.807) is 12.1 Å². The van der Waals surface area contributed by atoms with Crippen molar-refractivity contribution in [3.63, 3.8) is 0 Å². The van der Waals surface area contributed by atoms with Gasteiger partial charge in [0.1, 0.15) is 11.9 Å². The highest BCUT2D eigenvalue weighted by Crippen LogP contribution is 2.18. The highest BCUT2D eigenvalue weighted by molar-refractivity contribution is 5.87.